The summed E-state index contributed by atoms with van der Waals surface area (Å²) >= 11 is 0. The third kappa shape index (κ3) is 2.11. The van der Waals surface area contributed by atoms with Crippen LogP contribution in [0.15, 0.2) is 48.5 Å². The molecule has 19 heavy (non-hydrogen) atoms. The van der Waals surface area contributed by atoms with Crippen LogP contribution >= 0.6 is 0 Å². The Labute approximate surface area is 112 Å². The number of rotatable bonds is 4. The molecule has 1 aromatic heterocycles. The van der Waals surface area contributed by atoms with Gasteiger partial charge in [-0.25, -0.2) is 0 Å². The molecule has 3 nitrogen and oxygen atoms in total. The maximum absolute atomic E-state index is 9.66. The maximum atomic E-state index is 9.66. The van der Waals surface area contributed by atoms with Gasteiger partial charge in [0.1, 0.15) is 0 Å². The average molecular weight is 254 g/mol. The molecule has 1 atom stereocenters. The summed E-state index contributed by atoms with van der Waals surface area (Å²) in [7, 11) is 0. The Morgan fingerprint density at radius 1 is 0.947 bits per heavy atom. The summed E-state index contributed by atoms with van der Waals surface area (Å²) in [5, 5.41) is 12.2. The van der Waals surface area contributed by atoms with Gasteiger partial charge in [0.05, 0.1) is 6.10 Å². The molecular formula is C16H18N2O. The Hall–Kier alpha value is -1.84. The summed E-state index contributed by atoms with van der Waals surface area (Å²) in [6.07, 6.45) is 0.249. The van der Waals surface area contributed by atoms with Crippen molar-refractivity contribution in [2.24, 2.45) is 5.73 Å². The van der Waals surface area contributed by atoms with E-state index in [4.69, 9.17) is 5.73 Å². The van der Waals surface area contributed by atoms with Crippen molar-refractivity contribution in [2.75, 3.05) is 6.54 Å². The van der Waals surface area contributed by atoms with E-state index in [1.807, 2.05) is 0 Å². The fourth-order valence-corrected chi connectivity index (χ4v) is 2.64. The van der Waals surface area contributed by atoms with Gasteiger partial charge in [0, 0.05) is 34.9 Å². The highest BCUT2D eigenvalue weighted by molar-refractivity contribution is 6.07. The normalized spacial score (nSPS) is 13.2. The van der Waals surface area contributed by atoms with Crippen molar-refractivity contribution in [3.05, 3.63) is 48.5 Å². The molecule has 1 heterocycles. The molecule has 0 radical (unpaired) electrons. The minimum Gasteiger partial charge on any atom is -0.392 e. The van der Waals surface area contributed by atoms with Crippen LogP contribution < -0.4 is 5.73 Å². The number of aliphatic hydroxyl groups excluding tert-OH is 1. The second-order valence-corrected chi connectivity index (χ2v) is 4.86. The molecule has 1 unspecified atom stereocenters. The van der Waals surface area contributed by atoms with Gasteiger partial charge in [-0.05, 0) is 18.6 Å². The molecule has 0 aliphatic rings. The fraction of sp³-hybridized carbons (Fsp3) is 0.250. The zero-order valence-corrected chi connectivity index (χ0v) is 10.8. The minimum atomic E-state index is -0.431. The van der Waals surface area contributed by atoms with Gasteiger partial charge < -0.3 is 15.4 Å². The van der Waals surface area contributed by atoms with E-state index < -0.39 is 6.10 Å². The monoisotopic (exact) mass is 254 g/mol. The smallest absolute Gasteiger partial charge is 0.0679 e. The molecule has 3 rings (SSSR count). The van der Waals surface area contributed by atoms with Crippen LogP contribution in [-0.2, 0) is 6.54 Å². The molecule has 0 saturated carbocycles. The van der Waals surface area contributed by atoms with Crippen LogP contribution in [0.1, 0.15) is 6.42 Å². The van der Waals surface area contributed by atoms with Crippen molar-refractivity contribution in [3.8, 4) is 0 Å². The highest BCUT2D eigenvalue weighted by Crippen LogP contribution is 2.28. The summed E-state index contributed by atoms with van der Waals surface area (Å²) in [4.78, 5) is 0. The van der Waals surface area contributed by atoms with Gasteiger partial charge in [-0.1, -0.05) is 36.4 Å². The number of fused-ring (bicyclic) bond motifs is 3. The van der Waals surface area contributed by atoms with Gasteiger partial charge >= 0.3 is 0 Å². The highest BCUT2D eigenvalue weighted by Gasteiger charge is 2.10. The first kappa shape index (κ1) is 12.2. The van der Waals surface area contributed by atoms with E-state index in [1.165, 1.54) is 21.8 Å². The van der Waals surface area contributed by atoms with Crippen LogP contribution in [0.3, 0.4) is 0 Å². The first-order chi connectivity index (χ1) is 9.31. The number of benzene rings is 2. The first-order valence-corrected chi connectivity index (χ1v) is 6.65. The number of aliphatic hydroxyl groups is 1. The number of aromatic nitrogens is 1. The fourth-order valence-electron chi connectivity index (χ4n) is 2.64. The molecule has 3 heteroatoms. The predicted molar refractivity (Wildman–Crippen MR) is 79.1 cm³/mol. The molecule has 3 aromatic rings. The van der Waals surface area contributed by atoms with E-state index in [2.05, 4.69) is 53.1 Å². The lowest BCUT2D eigenvalue weighted by atomic mass is 10.2. The third-order valence-electron chi connectivity index (χ3n) is 3.64. The van der Waals surface area contributed by atoms with E-state index in [1.54, 1.807) is 0 Å². The van der Waals surface area contributed by atoms with E-state index in [-0.39, 0.29) is 0 Å². The molecular weight excluding hydrogens is 236 g/mol. The Balaban J connectivity index is 2.14. The lowest BCUT2D eigenvalue weighted by Crippen LogP contribution is -2.21. The molecule has 0 saturated heterocycles. The number of nitrogens with zero attached hydrogens (tertiary/aromatic N) is 1. The summed E-state index contributed by atoms with van der Waals surface area (Å²) in [5.41, 5.74) is 7.91. The molecule has 0 aliphatic carbocycles. The zero-order valence-electron chi connectivity index (χ0n) is 10.8. The number of hydrogen-bond donors (Lipinski definition) is 2. The van der Waals surface area contributed by atoms with Crippen LogP contribution in [-0.4, -0.2) is 22.3 Å². The van der Waals surface area contributed by atoms with Crippen LogP contribution in [0.25, 0.3) is 21.8 Å². The molecule has 98 valence electrons. The van der Waals surface area contributed by atoms with Gasteiger partial charge in [-0.3, -0.25) is 0 Å². The SMILES string of the molecule is NCC(O)CCn1c2ccccc2c2ccccc21. The van der Waals surface area contributed by atoms with Crippen LogP contribution in [0.5, 0.6) is 0 Å². The molecule has 0 bridgehead atoms. The Morgan fingerprint density at radius 3 is 2.00 bits per heavy atom. The minimum absolute atomic E-state index is 0.317. The lowest BCUT2D eigenvalue weighted by Gasteiger charge is -2.10. The maximum Gasteiger partial charge on any atom is 0.0679 e. The van der Waals surface area contributed by atoms with Crippen LogP contribution in [0.2, 0.25) is 0 Å². The van der Waals surface area contributed by atoms with E-state index >= 15 is 0 Å². The first-order valence-electron chi connectivity index (χ1n) is 6.65. The van der Waals surface area contributed by atoms with Crippen molar-refractivity contribution >= 4 is 21.8 Å². The predicted octanol–water partition coefficient (Wildman–Crippen LogP) is 2.50. The van der Waals surface area contributed by atoms with Crippen LogP contribution in [0.4, 0.5) is 0 Å². The Kier molecular flexibility index (Phi) is 3.23. The van der Waals surface area contributed by atoms with Crippen molar-refractivity contribution in [1.82, 2.24) is 4.57 Å². The number of para-hydroxylation sites is 2. The molecule has 0 aliphatic heterocycles. The van der Waals surface area contributed by atoms with Crippen LogP contribution in [0, 0.1) is 0 Å². The third-order valence-corrected chi connectivity index (χ3v) is 3.64. The number of aryl methyl sites for hydroxylation is 1. The Morgan fingerprint density at radius 2 is 1.47 bits per heavy atom. The Bertz CT molecular complexity index is 649. The van der Waals surface area contributed by atoms with Crippen molar-refractivity contribution in [1.29, 1.82) is 0 Å². The van der Waals surface area contributed by atoms with Gasteiger partial charge in [0.25, 0.3) is 0 Å². The second kappa shape index (κ2) is 5.03. The molecule has 0 fully saturated rings. The number of nitrogens with two attached hydrogens (primary N) is 1. The molecule has 2 aromatic carbocycles. The summed E-state index contributed by atoms with van der Waals surface area (Å²) in [6.45, 7) is 1.10. The van der Waals surface area contributed by atoms with Crippen molar-refractivity contribution in [3.63, 3.8) is 0 Å². The topological polar surface area (TPSA) is 51.2 Å². The van der Waals surface area contributed by atoms with E-state index in [0.29, 0.717) is 13.0 Å². The van der Waals surface area contributed by atoms with Gasteiger partial charge in [0.2, 0.25) is 0 Å². The standard InChI is InChI=1S/C16H18N2O/c17-11-12(19)9-10-18-15-7-3-1-5-13(15)14-6-2-4-8-16(14)18/h1-8,12,19H,9-11,17H2. The largest absolute Gasteiger partial charge is 0.392 e. The zero-order chi connectivity index (χ0) is 13.2. The van der Waals surface area contributed by atoms with Crippen molar-refractivity contribution < 1.29 is 5.11 Å². The van der Waals surface area contributed by atoms with E-state index in [0.717, 1.165) is 6.54 Å². The summed E-state index contributed by atoms with van der Waals surface area (Å²) < 4.78 is 2.27. The second-order valence-electron chi connectivity index (χ2n) is 4.86. The van der Waals surface area contributed by atoms with Crippen molar-refractivity contribution in [2.45, 2.75) is 19.1 Å². The number of hydrogen-bond acceptors (Lipinski definition) is 2. The quantitative estimate of drug-likeness (QED) is 0.751. The lowest BCUT2D eigenvalue weighted by molar-refractivity contribution is 0.167. The van der Waals surface area contributed by atoms with Gasteiger partial charge in [-0.15, -0.1) is 0 Å². The van der Waals surface area contributed by atoms with Gasteiger partial charge in [-0.2, -0.15) is 0 Å². The molecule has 0 spiro atoms. The summed E-state index contributed by atoms with van der Waals surface area (Å²) in [5.74, 6) is 0. The average Bonchev–Trinajstić information content (AvgIpc) is 2.79. The summed E-state index contributed by atoms with van der Waals surface area (Å²) in [6, 6.07) is 16.8. The van der Waals surface area contributed by atoms with Gasteiger partial charge in [0.15, 0.2) is 0 Å². The molecule has 0 amide bonds. The highest BCUT2D eigenvalue weighted by atomic mass is 16.3. The molecule has 3 N–H and O–H groups in total. The van der Waals surface area contributed by atoms with E-state index in [9.17, 15) is 5.11 Å².